The standard InChI is InChI=1S/C18H23FN4O3/c1-25-15-5-13(19)4-14-16(15)20-10-21-17(14)23-8-18(9-23)3-2-12(6-18)7-26-11-22-24/h4-5,10,12,22,24H,2-3,6-9,11H2,1H3. The van der Waals surface area contributed by atoms with Crippen LogP contribution >= 0.6 is 0 Å². The Labute approximate surface area is 151 Å². The molecule has 140 valence electrons. The summed E-state index contributed by atoms with van der Waals surface area (Å²) in [5.74, 6) is 1.36. The molecule has 2 aromatic rings. The van der Waals surface area contributed by atoms with Gasteiger partial charge >= 0.3 is 0 Å². The van der Waals surface area contributed by atoms with Gasteiger partial charge in [-0.1, -0.05) is 0 Å². The lowest BCUT2D eigenvalue weighted by Gasteiger charge is -2.49. The summed E-state index contributed by atoms with van der Waals surface area (Å²) in [5, 5.41) is 9.26. The van der Waals surface area contributed by atoms with Gasteiger partial charge in [-0.25, -0.2) is 14.4 Å². The van der Waals surface area contributed by atoms with Gasteiger partial charge in [-0.15, -0.1) is 0 Å². The van der Waals surface area contributed by atoms with Crippen molar-refractivity contribution in [1.82, 2.24) is 15.4 Å². The van der Waals surface area contributed by atoms with E-state index in [9.17, 15) is 4.39 Å². The highest BCUT2D eigenvalue weighted by Gasteiger charge is 2.48. The van der Waals surface area contributed by atoms with Crippen LogP contribution in [0.1, 0.15) is 19.3 Å². The van der Waals surface area contributed by atoms with Crippen molar-refractivity contribution in [2.24, 2.45) is 11.3 Å². The number of rotatable bonds is 6. The molecule has 1 aromatic carbocycles. The number of anilines is 1. The third-order valence-electron chi connectivity index (χ3n) is 5.54. The van der Waals surface area contributed by atoms with Crippen LogP contribution < -0.4 is 15.1 Å². The van der Waals surface area contributed by atoms with Gasteiger partial charge in [-0.05, 0) is 31.2 Å². The zero-order valence-electron chi connectivity index (χ0n) is 14.7. The third kappa shape index (κ3) is 3.08. The summed E-state index contributed by atoms with van der Waals surface area (Å²) < 4.78 is 24.6. The van der Waals surface area contributed by atoms with Crippen LogP contribution in [0.4, 0.5) is 10.2 Å². The Balaban J connectivity index is 1.49. The second-order valence-corrected chi connectivity index (χ2v) is 7.34. The van der Waals surface area contributed by atoms with Gasteiger partial charge in [-0.3, -0.25) is 0 Å². The fourth-order valence-electron chi connectivity index (χ4n) is 4.44. The molecule has 1 atom stereocenters. The molecular weight excluding hydrogens is 339 g/mol. The number of hydrogen-bond acceptors (Lipinski definition) is 7. The first-order valence-electron chi connectivity index (χ1n) is 8.82. The average Bonchev–Trinajstić information content (AvgIpc) is 3.04. The molecule has 1 aliphatic carbocycles. The molecule has 1 aliphatic heterocycles. The highest BCUT2D eigenvalue weighted by Crippen LogP contribution is 2.50. The molecule has 2 heterocycles. The molecule has 2 N–H and O–H groups in total. The smallest absolute Gasteiger partial charge is 0.148 e. The van der Waals surface area contributed by atoms with Gasteiger partial charge in [0.25, 0.3) is 0 Å². The Morgan fingerprint density at radius 1 is 1.38 bits per heavy atom. The second kappa shape index (κ2) is 6.94. The number of nitrogens with zero attached hydrogens (tertiary/aromatic N) is 3. The SMILES string of the molecule is COc1cc(F)cc2c(N3CC4(CCC(COCNO)C4)C3)ncnc12. The van der Waals surface area contributed by atoms with E-state index in [0.29, 0.717) is 29.2 Å². The highest BCUT2D eigenvalue weighted by atomic mass is 19.1. The van der Waals surface area contributed by atoms with Crippen molar-refractivity contribution in [2.45, 2.75) is 19.3 Å². The number of nitrogens with one attached hydrogen (secondary N) is 1. The van der Waals surface area contributed by atoms with E-state index in [-0.39, 0.29) is 18.0 Å². The van der Waals surface area contributed by atoms with E-state index in [1.807, 2.05) is 5.48 Å². The van der Waals surface area contributed by atoms with Crippen LogP contribution in [-0.2, 0) is 4.74 Å². The number of fused-ring (bicyclic) bond motifs is 1. The van der Waals surface area contributed by atoms with Crippen molar-refractivity contribution in [1.29, 1.82) is 0 Å². The number of hydrogen-bond donors (Lipinski definition) is 2. The summed E-state index contributed by atoms with van der Waals surface area (Å²) in [7, 11) is 1.52. The Kier molecular flexibility index (Phi) is 4.64. The highest BCUT2D eigenvalue weighted by molar-refractivity contribution is 5.93. The minimum atomic E-state index is -0.351. The number of ether oxygens (including phenoxy) is 2. The minimum Gasteiger partial charge on any atom is -0.494 e. The van der Waals surface area contributed by atoms with Crippen LogP contribution in [0.15, 0.2) is 18.5 Å². The molecule has 0 bridgehead atoms. The number of aromatic nitrogens is 2. The van der Waals surface area contributed by atoms with E-state index < -0.39 is 0 Å². The van der Waals surface area contributed by atoms with E-state index in [2.05, 4.69) is 14.9 Å². The van der Waals surface area contributed by atoms with Gasteiger partial charge in [0.2, 0.25) is 0 Å². The number of halogens is 1. The number of benzene rings is 1. The van der Waals surface area contributed by atoms with Gasteiger partial charge in [0.05, 0.1) is 13.7 Å². The van der Waals surface area contributed by atoms with E-state index in [0.717, 1.165) is 38.2 Å². The Bertz CT molecular complexity index is 797. The fraction of sp³-hybridized carbons (Fsp3) is 0.556. The maximum atomic E-state index is 14.0. The summed E-state index contributed by atoms with van der Waals surface area (Å²) in [6.07, 6.45) is 4.91. The second-order valence-electron chi connectivity index (χ2n) is 7.34. The normalized spacial score (nSPS) is 21.3. The predicted octanol–water partition coefficient (Wildman–Crippen LogP) is 2.34. The third-order valence-corrected chi connectivity index (χ3v) is 5.54. The maximum absolute atomic E-state index is 14.0. The summed E-state index contributed by atoms with van der Waals surface area (Å²) in [6.45, 7) is 2.64. The quantitative estimate of drug-likeness (QED) is 0.464. The summed E-state index contributed by atoms with van der Waals surface area (Å²) in [4.78, 5) is 10.9. The first-order valence-corrected chi connectivity index (χ1v) is 8.82. The summed E-state index contributed by atoms with van der Waals surface area (Å²) >= 11 is 0. The zero-order valence-corrected chi connectivity index (χ0v) is 14.7. The average molecular weight is 362 g/mol. The van der Waals surface area contributed by atoms with Gasteiger partial charge in [0, 0.05) is 30.0 Å². The zero-order chi connectivity index (χ0) is 18.1. The molecule has 2 aliphatic rings. The van der Waals surface area contributed by atoms with Gasteiger partial charge in [0.1, 0.15) is 36.0 Å². The Hall–Kier alpha value is -2.03. The fourth-order valence-corrected chi connectivity index (χ4v) is 4.44. The first-order chi connectivity index (χ1) is 12.6. The molecule has 4 rings (SSSR count). The molecular formula is C18H23FN4O3. The Morgan fingerprint density at radius 2 is 2.23 bits per heavy atom. The summed E-state index contributed by atoms with van der Waals surface area (Å²) in [6, 6.07) is 2.82. The van der Waals surface area contributed by atoms with Gasteiger partial charge < -0.3 is 19.6 Å². The monoisotopic (exact) mass is 362 g/mol. The molecule has 7 nitrogen and oxygen atoms in total. The van der Waals surface area contributed by atoms with E-state index in [4.69, 9.17) is 14.7 Å². The van der Waals surface area contributed by atoms with Crippen molar-refractivity contribution in [2.75, 3.05) is 38.4 Å². The minimum absolute atomic E-state index is 0.163. The van der Waals surface area contributed by atoms with Gasteiger partial charge in [0.15, 0.2) is 0 Å². The van der Waals surface area contributed by atoms with Crippen LogP contribution in [0, 0.1) is 17.2 Å². The Morgan fingerprint density at radius 3 is 3.00 bits per heavy atom. The van der Waals surface area contributed by atoms with Crippen LogP contribution in [0.2, 0.25) is 0 Å². The van der Waals surface area contributed by atoms with Crippen LogP contribution in [0.5, 0.6) is 5.75 Å². The molecule has 1 aromatic heterocycles. The maximum Gasteiger partial charge on any atom is 0.148 e. The molecule has 0 radical (unpaired) electrons. The van der Waals surface area contributed by atoms with Crippen LogP contribution in [0.25, 0.3) is 10.9 Å². The largest absolute Gasteiger partial charge is 0.494 e. The van der Waals surface area contributed by atoms with Crippen molar-refractivity contribution in [3.8, 4) is 5.75 Å². The molecule has 1 saturated carbocycles. The molecule has 1 unspecified atom stereocenters. The lowest BCUT2D eigenvalue weighted by molar-refractivity contribution is 0.00747. The molecule has 26 heavy (non-hydrogen) atoms. The van der Waals surface area contributed by atoms with Gasteiger partial charge in [-0.2, -0.15) is 5.48 Å². The molecule has 1 spiro atoms. The van der Waals surface area contributed by atoms with E-state index in [1.165, 1.54) is 25.6 Å². The van der Waals surface area contributed by atoms with E-state index in [1.54, 1.807) is 0 Å². The number of hydroxylamine groups is 1. The van der Waals surface area contributed by atoms with Crippen LogP contribution in [-0.4, -0.2) is 48.7 Å². The number of methoxy groups -OCH3 is 1. The van der Waals surface area contributed by atoms with Crippen molar-refractivity contribution >= 4 is 16.7 Å². The van der Waals surface area contributed by atoms with Crippen molar-refractivity contribution in [3.05, 3.63) is 24.3 Å². The summed E-state index contributed by atoms with van der Waals surface area (Å²) in [5.41, 5.74) is 2.93. The van der Waals surface area contributed by atoms with Crippen molar-refractivity contribution in [3.63, 3.8) is 0 Å². The first kappa shape index (κ1) is 17.4. The van der Waals surface area contributed by atoms with Crippen molar-refractivity contribution < 1.29 is 19.1 Å². The lowest BCUT2D eigenvalue weighted by Crippen LogP contribution is -2.55. The molecule has 0 amide bonds. The molecule has 1 saturated heterocycles. The lowest BCUT2D eigenvalue weighted by atomic mass is 9.77. The molecule has 2 fully saturated rings. The molecule has 8 heteroatoms. The van der Waals surface area contributed by atoms with E-state index >= 15 is 0 Å². The predicted molar refractivity (Wildman–Crippen MR) is 93.8 cm³/mol. The van der Waals surface area contributed by atoms with Crippen LogP contribution in [0.3, 0.4) is 0 Å². The topological polar surface area (TPSA) is 79.7 Å².